The number of aromatic nitrogens is 2. The lowest BCUT2D eigenvalue weighted by atomic mass is 10.1. The van der Waals surface area contributed by atoms with E-state index in [9.17, 15) is 38.0 Å². The summed E-state index contributed by atoms with van der Waals surface area (Å²) in [6, 6.07) is 0. The molecule has 1 fully saturated rings. The van der Waals surface area contributed by atoms with Crippen molar-refractivity contribution in [2.24, 2.45) is 0 Å². The van der Waals surface area contributed by atoms with Gasteiger partial charge in [-0.2, -0.15) is 8.62 Å². The van der Waals surface area contributed by atoms with Crippen LogP contribution < -0.4 is 5.56 Å². The number of alkyl halides is 1. The number of ether oxygens (including phenoxy) is 1. The summed E-state index contributed by atoms with van der Waals surface area (Å²) in [5.41, 5.74) is -0.824. The van der Waals surface area contributed by atoms with Crippen LogP contribution >= 0.6 is 47.3 Å². The molecule has 1 aliphatic rings. The van der Waals surface area contributed by atoms with Crippen LogP contribution in [0.1, 0.15) is 6.23 Å². The number of phosphoric acid groups is 3. The number of nitrogens with zero attached hydrogens (tertiary/aromatic N) is 1. The molecule has 1 aliphatic heterocycles. The molecule has 31 heavy (non-hydrogen) atoms. The molecule has 0 saturated carbocycles. The zero-order chi connectivity index (χ0) is 24.0. The number of nitrogens with one attached hydrogen (secondary N) is 1. The number of aliphatic hydroxyl groups is 2. The number of halogens is 2. The van der Waals surface area contributed by atoms with Gasteiger partial charge in [0.25, 0.3) is 11.4 Å². The predicted octanol–water partition coefficient (Wildman–Crippen LogP) is -0.181. The van der Waals surface area contributed by atoms with Gasteiger partial charge in [0, 0.05) is 6.20 Å². The molecule has 22 heteroatoms. The second-order valence-electron chi connectivity index (χ2n) is 5.74. The smallest absolute Gasteiger partial charge is 0.385 e. The summed E-state index contributed by atoms with van der Waals surface area (Å²) in [6.45, 7) is -1.71. The van der Waals surface area contributed by atoms with Gasteiger partial charge in [0.05, 0.1) is 0 Å². The van der Waals surface area contributed by atoms with Gasteiger partial charge in [-0.15, -0.1) is 0 Å². The lowest BCUT2D eigenvalue weighted by Gasteiger charge is -2.24. The number of aromatic amines is 1. The van der Waals surface area contributed by atoms with E-state index >= 15 is 0 Å². The van der Waals surface area contributed by atoms with E-state index in [1.54, 1.807) is 0 Å². The van der Waals surface area contributed by atoms with E-state index in [1.807, 2.05) is 0 Å². The van der Waals surface area contributed by atoms with E-state index < -0.39 is 69.7 Å². The molecular formula is C9H13ClFN2O14P3S. The first kappa shape index (κ1) is 26.9. The van der Waals surface area contributed by atoms with E-state index in [4.69, 9.17) is 43.2 Å². The molecule has 0 spiro atoms. The standard InChI is InChI=1S/C9H13ClFN2O14P3S/c10-3-1-13(8(31)12-6(3)16)7-4(14)5(15)9(11,25-7)2-24-29(20,21)27-30(22,23)26-28(17,18)19/h1,4-5,7,14-15H,2H2,(H,20,21)(H,22,23)(H,12,16,31)(H2,17,18,19)/t4-,5+,7-,9-/m1/s1. The topological polar surface area (TPSA) is 247 Å². The highest BCUT2D eigenvalue weighted by molar-refractivity contribution is 7.71. The van der Waals surface area contributed by atoms with Gasteiger partial charge in [0.15, 0.2) is 11.0 Å². The summed E-state index contributed by atoms with van der Waals surface area (Å²) in [4.78, 5) is 48.8. The Hall–Kier alpha value is -0.390. The van der Waals surface area contributed by atoms with Crippen molar-refractivity contribution in [3.05, 3.63) is 26.3 Å². The summed E-state index contributed by atoms with van der Waals surface area (Å²) >= 11 is 10.4. The molecule has 0 bridgehead atoms. The van der Waals surface area contributed by atoms with Crippen LogP contribution in [0.3, 0.4) is 0 Å². The average Bonchev–Trinajstić information content (AvgIpc) is 2.78. The molecule has 2 heterocycles. The summed E-state index contributed by atoms with van der Waals surface area (Å²) in [6.07, 6.45) is -5.54. The number of H-pyrrole nitrogens is 1. The number of hydrogen-bond acceptors (Lipinski definition) is 11. The lowest BCUT2D eigenvalue weighted by molar-refractivity contribution is -0.204. The van der Waals surface area contributed by atoms with Crippen molar-refractivity contribution in [1.82, 2.24) is 9.55 Å². The predicted molar refractivity (Wildman–Crippen MR) is 96.7 cm³/mol. The van der Waals surface area contributed by atoms with Crippen LogP contribution in [0.15, 0.2) is 11.0 Å². The van der Waals surface area contributed by atoms with Crippen LogP contribution in [0, 0.1) is 4.77 Å². The van der Waals surface area contributed by atoms with Crippen molar-refractivity contribution in [2.45, 2.75) is 24.3 Å². The van der Waals surface area contributed by atoms with Gasteiger partial charge in [-0.25, -0.2) is 18.1 Å². The fraction of sp³-hybridized carbons (Fsp3) is 0.556. The quantitative estimate of drug-likeness (QED) is 0.163. The molecule has 2 unspecified atom stereocenters. The van der Waals surface area contributed by atoms with Gasteiger partial charge in [-0.05, 0) is 12.2 Å². The SMILES string of the molecule is O=c1[nH]c(=S)n([C@@H]2O[C@](F)(COP(=O)(O)OP(=O)(O)OP(=O)(O)O)[C@@H](O)[C@H]2O)cc1Cl. The third-order valence-electron chi connectivity index (χ3n) is 3.41. The van der Waals surface area contributed by atoms with Crippen molar-refractivity contribution in [3.63, 3.8) is 0 Å². The van der Waals surface area contributed by atoms with Gasteiger partial charge >= 0.3 is 23.5 Å². The summed E-state index contributed by atoms with van der Waals surface area (Å²) in [5.74, 6) is -3.45. The first-order chi connectivity index (χ1) is 13.9. The van der Waals surface area contributed by atoms with Gasteiger partial charge in [-0.3, -0.25) is 18.9 Å². The highest BCUT2D eigenvalue weighted by atomic mass is 35.5. The van der Waals surface area contributed by atoms with Crippen LogP contribution in [-0.2, 0) is 31.6 Å². The molecule has 6 atom stereocenters. The minimum atomic E-state index is -5.87. The third kappa shape index (κ3) is 6.80. The highest BCUT2D eigenvalue weighted by Crippen LogP contribution is 2.66. The number of hydrogen-bond donors (Lipinski definition) is 7. The Morgan fingerprint density at radius 2 is 1.81 bits per heavy atom. The second kappa shape index (κ2) is 9.10. The highest BCUT2D eigenvalue weighted by Gasteiger charge is 2.57. The number of phosphoric ester groups is 1. The second-order valence-corrected chi connectivity index (χ2v) is 11.0. The summed E-state index contributed by atoms with van der Waals surface area (Å²) < 4.78 is 64.5. The van der Waals surface area contributed by atoms with E-state index in [-0.39, 0.29) is 0 Å². The molecule has 0 radical (unpaired) electrons. The maximum absolute atomic E-state index is 15.0. The lowest BCUT2D eigenvalue weighted by Crippen LogP contribution is -2.42. The normalized spacial score (nSPS) is 30.6. The fourth-order valence-corrected chi connectivity index (χ4v) is 5.65. The first-order valence-corrected chi connectivity index (χ1v) is 12.7. The van der Waals surface area contributed by atoms with Crippen molar-refractivity contribution >= 4 is 47.3 Å². The van der Waals surface area contributed by atoms with E-state index in [0.717, 1.165) is 10.8 Å². The zero-order valence-electron chi connectivity index (χ0n) is 14.4. The van der Waals surface area contributed by atoms with Crippen LogP contribution in [0.2, 0.25) is 5.02 Å². The summed E-state index contributed by atoms with van der Waals surface area (Å²) in [7, 11) is -17.3. The van der Waals surface area contributed by atoms with Crippen LogP contribution in [0.5, 0.6) is 0 Å². The Morgan fingerprint density at radius 3 is 2.35 bits per heavy atom. The van der Waals surface area contributed by atoms with Crippen LogP contribution in [0.4, 0.5) is 4.39 Å². The van der Waals surface area contributed by atoms with E-state index in [2.05, 4.69) is 18.1 Å². The Morgan fingerprint density at radius 1 is 1.23 bits per heavy atom. The fourth-order valence-electron chi connectivity index (χ4n) is 2.21. The van der Waals surface area contributed by atoms with Crippen molar-refractivity contribution < 1.29 is 65.8 Å². The molecule has 1 aromatic rings. The minimum Gasteiger partial charge on any atom is -0.385 e. The maximum Gasteiger partial charge on any atom is 0.490 e. The van der Waals surface area contributed by atoms with Crippen LogP contribution in [-0.4, -0.2) is 64.0 Å². The largest absolute Gasteiger partial charge is 0.490 e. The monoisotopic (exact) mass is 552 g/mol. The van der Waals surface area contributed by atoms with Gasteiger partial charge < -0.3 is 34.5 Å². The number of aliphatic hydroxyl groups excluding tert-OH is 2. The molecule has 1 saturated heterocycles. The van der Waals surface area contributed by atoms with Crippen molar-refractivity contribution in [3.8, 4) is 0 Å². The summed E-state index contributed by atoms with van der Waals surface area (Å²) in [5, 5.41) is 19.5. The van der Waals surface area contributed by atoms with Gasteiger partial charge in [0.2, 0.25) is 0 Å². The average molecular weight is 553 g/mol. The van der Waals surface area contributed by atoms with E-state index in [0.29, 0.717) is 0 Å². The Labute approximate surface area is 180 Å². The third-order valence-corrected chi connectivity index (χ3v) is 7.78. The Kier molecular flexibility index (Phi) is 7.88. The van der Waals surface area contributed by atoms with E-state index in [1.165, 1.54) is 0 Å². The molecule has 0 aromatic carbocycles. The molecule has 7 N–H and O–H groups in total. The number of rotatable bonds is 8. The molecule has 0 amide bonds. The minimum absolute atomic E-state index is 0.414. The molecule has 0 aliphatic carbocycles. The van der Waals surface area contributed by atoms with Crippen molar-refractivity contribution in [1.29, 1.82) is 0 Å². The van der Waals surface area contributed by atoms with Gasteiger partial charge in [0.1, 0.15) is 23.8 Å². The Balaban J connectivity index is 2.18. The zero-order valence-corrected chi connectivity index (χ0v) is 18.7. The Bertz CT molecular complexity index is 1110. The molecular weight excluding hydrogens is 540 g/mol. The molecule has 178 valence electrons. The molecule has 1 aromatic heterocycles. The first-order valence-electron chi connectivity index (χ1n) is 7.38. The van der Waals surface area contributed by atoms with Crippen molar-refractivity contribution in [2.75, 3.05) is 6.61 Å². The molecule has 2 rings (SSSR count). The molecule has 16 nitrogen and oxygen atoms in total. The van der Waals surface area contributed by atoms with Crippen LogP contribution in [0.25, 0.3) is 0 Å². The van der Waals surface area contributed by atoms with Gasteiger partial charge in [-0.1, -0.05) is 11.6 Å². The maximum atomic E-state index is 15.0.